The molecule has 2 aromatic heterocycles. The first-order chi connectivity index (χ1) is 9.11. The highest BCUT2D eigenvalue weighted by Crippen LogP contribution is 2.25. The topological polar surface area (TPSA) is 59.8 Å². The van der Waals surface area contributed by atoms with E-state index in [1.54, 1.807) is 19.3 Å². The zero-order valence-corrected chi connectivity index (χ0v) is 12.2. The molecule has 0 saturated heterocycles. The first kappa shape index (κ1) is 13.9. The van der Waals surface area contributed by atoms with Gasteiger partial charge in [0.1, 0.15) is 10.0 Å². The highest BCUT2D eigenvalue weighted by Gasteiger charge is 2.12. The first-order valence-electron chi connectivity index (χ1n) is 6.35. The maximum atomic E-state index is 11.6. The summed E-state index contributed by atoms with van der Waals surface area (Å²) in [4.78, 5) is 11.6. The van der Waals surface area contributed by atoms with Gasteiger partial charge in [-0.25, -0.2) is 0 Å². The van der Waals surface area contributed by atoms with Gasteiger partial charge in [-0.1, -0.05) is 18.3 Å². The summed E-state index contributed by atoms with van der Waals surface area (Å²) >= 11 is 1.53. The normalized spacial score (nSPS) is 12.6. The lowest BCUT2D eigenvalue weighted by Gasteiger charge is -2.08. The van der Waals surface area contributed by atoms with E-state index in [9.17, 15) is 4.79 Å². The molecule has 0 fully saturated rings. The summed E-state index contributed by atoms with van der Waals surface area (Å²) in [5, 5.41) is 13.5. The molecule has 2 heterocycles. The van der Waals surface area contributed by atoms with Gasteiger partial charge in [-0.05, 0) is 26.0 Å². The van der Waals surface area contributed by atoms with Crippen molar-refractivity contribution in [3.05, 3.63) is 33.7 Å². The van der Waals surface area contributed by atoms with Gasteiger partial charge in [0, 0.05) is 24.9 Å². The van der Waals surface area contributed by atoms with Gasteiger partial charge < -0.3 is 9.88 Å². The van der Waals surface area contributed by atoms with E-state index >= 15 is 0 Å². The van der Waals surface area contributed by atoms with Crippen LogP contribution in [0.15, 0.2) is 23.1 Å². The molecule has 0 aromatic carbocycles. The number of aromatic nitrogens is 3. The average Bonchev–Trinajstić information content (AvgIpc) is 2.89. The molecule has 2 rings (SSSR count). The maximum absolute atomic E-state index is 11.6. The molecule has 0 saturated carbocycles. The van der Waals surface area contributed by atoms with Crippen LogP contribution in [0.2, 0.25) is 0 Å². The van der Waals surface area contributed by atoms with Gasteiger partial charge in [0.2, 0.25) is 0 Å². The number of nitrogens with zero attached hydrogens (tertiary/aromatic N) is 3. The molecule has 2 aromatic rings. The van der Waals surface area contributed by atoms with Crippen LogP contribution in [0, 0.1) is 0 Å². The van der Waals surface area contributed by atoms with Crippen LogP contribution in [-0.4, -0.2) is 21.3 Å². The van der Waals surface area contributed by atoms with Crippen LogP contribution >= 0.6 is 11.3 Å². The van der Waals surface area contributed by atoms with Gasteiger partial charge >= 0.3 is 0 Å². The van der Waals surface area contributed by atoms with E-state index in [0.717, 1.165) is 28.5 Å². The quantitative estimate of drug-likeness (QED) is 0.908. The summed E-state index contributed by atoms with van der Waals surface area (Å²) in [5.41, 5.74) is 0.793. The Morgan fingerprint density at radius 1 is 1.47 bits per heavy atom. The van der Waals surface area contributed by atoms with E-state index in [1.165, 1.54) is 15.9 Å². The van der Waals surface area contributed by atoms with Crippen LogP contribution in [0.5, 0.6) is 0 Å². The van der Waals surface area contributed by atoms with Crippen LogP contribution in [0.3, 0.4) is 0 Å². The minimum atomic E-state index is -0.0357. The van der Waals surface area contributed by atoms with Gasteiger partial charge in [-0.3, -0.25) is 4.79 Å². The van der Waals surface area contributed by atoms with Crippen molar-refractivity contribution < 1.29 is 0 Å². The molecule has 5 nitrogen and oxygen atoms in total. The molecule has 0 bridgehead atoms. The number of pyridine rings is 1. The largest absolute Gasteiger partial charge is 0.319 e. The molecule has 19 heavy (non-hydrogen) atoms. The molecule has 1 atom stereocenters. The Morgan fingerprint density at radius 2 is 2.26 bits per heavy atom. The van der Waals surface area contributed by atoms with E-state index in [2.05, 4.69) is 29.4 Å². The van der Waals surface area contributed by atoms with Crippen LogP contribution in [0.4, 0.5) is 0 Å². The SMILES string of the molecule is CCCNC(C)c1nnc(-c2ccn(C)c(=O)c2)s1. The van der Waals surface area contributed by atoms with Crippen molar-refractivity contribution in [2.24, 2.45) is 7.05 Å². The molecule has 0 radical (unpaired) electrons. The third kappa shape index (κ3) is 3.27. The minimum absolute atomic E-state index is 0.0357. The number of rotatable bonds is 5. The van der Waals surface area contributed by atoms with Crippen molar-refractivity contribution in [2.45, 2.75) is 26.3 Å². The molecule has 0 amide bonds. The van der Waals surface area contributed by atoms with Gasteiger partial charge in [0.15, 0.2) is 0 Å². The summed E-state index contributed by atoms with van der Waals surface area (Å²) in [7, 11) is 1.73. The van der Waals surface area contributed by atoms with Crippen molar-refractivity contribution >= 4 is 11.3 Å². The molecule has 0 aliphatic rings. The Hall–Kier alpha value is -1.53. The van der Waals surface area contributed by atoms with Crippen molar-refractivity contribution in [2.75, 3.05) is 6.54 Å². The maximum Gasteiger partial charge on any atom is 0.250 e. The average molecular weight is 278 g/mol. The van der Waals surface area contributed by atoms with Gasteiger partial charge in [0.05, 0.1) is 6.04 Å². The third-order valence-corrected chi connectivity index (χ3v) is 4.02. The summed E-state index contributed by atoms with van der Waals surface area (Å²) in [6, 6.07) is 3.67. The summed E-state index contributed by atoms with van der Waals surface area (Å²) in [6.45, 7) is 5.16. The molecular formula is C13H18N4OS. The predicted molar refractivity (Wildman–Crippen MR) is 77.3 cm³/mol. The molecule has 102 valence electrons. The molecular weight excluding hydrogens is 260 g/mol. The van der Waals surface area contributed by atoms with Crippen LogP contribution < -0.4 is 10.9 Å². The second kappa shape index (κ2) is 6.08. The molecule has 1 unspecified atom stereocenters. The van der Waals surface area contributed by atoms with Crippen molar-refractivity contribution in [3.63, 3.8) is 0 Å². The highest BCUT2D eigenvalue weighted by atomic mass is 32.1. The minimum Gasteiger partial charge on any atom is -0.319 e. The third-order valence-electron chi connectivity index (χ3n) is 2.86. The standard InChI is InChI=1S/C13H18N4OS/c1-4-6-14-9(2)12-15-16-13(19-12)10-5-7-17(3)11(18)8-10/h5,7-9,14H,4,6H2,1-3H3. The van der Waals surface area contributed by atoms with Crippen molar-refractivity contribution in [1.82, 2.24) is 20.1 Å². The zero-order chi connectivity index (χ0) is 13.8. The Labute approximate surface area is 116 Å². The number of aryl methyl sites for hydroxylation is 1. The van der Waals surface area contributed by atoms with Gasteiger partial charge in [-0.2, -0.15) is 0 Å². The highest BCUT2D eigenvalue weighted by molar-refractivity contribution is 7.14. The molecule has 0 aliphatic carbocycles. The van der Waals surface area contributed by atoms with Crippen molar-refractivity contribution in [1.29, 1.82) is 0 Å². The zero-order valence-electron chi connectivity index (χ0n) is 11.4. The monoisotopic (exact) mass is 278 g/mol. The van der Waals surface area contributed by atoms with Crippen LogP contribution in [0.1, 0.15) is 31.3 Å². The Balaban J connectivity index is 2.20. The molecule has 6 heteroatoms. The molecule has 0 aliphatic heterocycles. The lowest BCUT2D eigenvalue weighted by Crippen LogP contribution is -2.18. The van der Waals surface area contributed by atoms with Gasteiger partial charge in [-0.15, -0.1) is 10.2 Å². The van der Waals surface area contributed by atoms with Gasteiger partial charge in [0.25, 0.3) is 5.56 Å². The Bertz CT molecular complexity index is 605. The molecule has 1 N–H and O–H groups in total. The fraction of sp³-hybridized carbons (Fsp3) is 0.462. The second-order valence-electron chi connectivity index (χ2n) is 4.49. The smallest absolute Gasteiger partial charge is 0.250 e. The van der Waals surface area contributed by atoms with E-state index in [4.69, 9.17) is 0 Å². The number of nitrogens with one attached hydrogen (secondary N) is 1. The van der Waals surface area contributed by atoms with E-state index in [1.807, 2.05) is 6.07 Å². The fourth-order valence-corrected chi connectivity index (χ4v) is 2.52. The second-order valence-corrected chi connectivity index (χ2v) is 5.49. The first-order valence-corrected chi connectivity index (χ1v) is 7.17. The van der Waals surface area contributed by atoms with E-state index in [0.29, 0.717) is 0 Å². The van der Waals surface area contributed by atoms with Crippen LogP contribution in [-0.2, 0) is 7.05 Å². The lowest BCUT2D eigenvalue weighted by molar-refractivity contribution is 0.564. The Morgan fingerprint density at radius 3 is 2.95 bits per heavy atom. The number of hydrogen-bond acceptors (Lipinski definition) is 5. The summed E-state index contributed by atoms with van der Waals surface area (Å²) in [6.07, 6.45) is 2.84. The summed E-state index contributed by atoms with van der Waals surface area (Å²) in [5.74, 6) is 0. The molecule has 0 spiro atoms. The fourth-order valence-electron chi connectivity index (χ4n) is 1.66. The van der Waals surface area contributed by atoms with Crippen molar-refractivity contribution in [3.8, 4) is 10.6 Å². The predicted octanol–water partition coefficient (Wildman–Crippen LogP) is 1.96. The number of hydrogen-bond donors (Lipinski definition) is 1. The summed E-state index contributed by atoms with van der Waals surface area (Å²) < 4.78 is 1.54. The van der Waals surface area contributed by atoms with E-state index in [-0.39, 0.29) is 11.6 Å². The van der Waals surface area contributed by atoms with Crippen LogP contribution in [0.25, 0.3) is 10.6 Å². The lowest BCUT2D eigenvalue weighted by atomic mass is 10.3. The van der Waals surface area contributed by atoms with E-state index < -0.39 is 0 Å². The Kier molecular flexibility index (Phi) is 4.44.